The zero-order valence-electron chi connectivity index (χ0n) is 10.7. The van der Waals surface area contributed by atoms with Crippen LogP contribution in [0.2, 0.25) is 5.28 Å². The second kappa shape index (κ2) is 8.02. The third-order valence-corrected chi connectivity index (χ3v) is 2.29. The maximum absolute atomic E-state index is 5.80. The van der Waals surface area contributed by atoms with Gasteiger partial charge in [0.2, 0.25) is 17.2 Å². The Balaban J connectivity index is 2.60. The third-order valence-electron chi connectivity index (χ3n) is 2.12. The number of aromatic nitrogens is 3. The van der Waals surface area contributed by atoms with Crippen molar-refractivity contribution in [1.82, 2.24) is 15.0 Å². The molecule has 0 saturated carbocycles. The highest BCUT2D eigenvalue weighted by molar-refractivity contribution is 6.28. The molecule has 18 heavy (non-hydrogen) atoms. The van der Waals surface area contributed by atoms with Crippen molar-refractivity contribution in [2.24, 2.45) is 0 Å². The maximum Gasteiger partial charge on any atom is 0.228 e. The molecular formula is C10H18ClN5O2. The average molecular weight is 276 g/mol. The van der Waals surface area contributed by atoms with Crippen LogP contribution in [0.15, 0.2) is 0 Å². The number of rotatable bonds is 8. The highest BCUT2D eigenvalue weighted by atomic mass is 35.5. The standard InChI is InChI=1S/C10H18ClN5O2/c1-4-12-9-14-8(11)15-10(16-9)13-5-7(18-3)6-17-2/h7H,4-6H2,1-3H3,(H2,12,13,14,15,16). The molecule has 1 aromatic heterocycles. The van der Waals surface area contributed by atoms with Crippen LogP contribution in [0, 0.1) is 0 Å². The SMILES string of the molecule is CCNc1nc(Cl)nc(NCC(COC)OC)n1. The third kappa shape index (κ3) is 4.99. The van der Waals surface area contributed by atoms with Gasteiger partial charge in [0.25, 0.3) is 0 Å². The predicted octanol–water partition coefficient (Wildman–Crippen LogP) is 1.03. The summed E-state index contributed by atoms with van der Waals surface area (Å²) >= 11 is 5.80. The zero-order valence-corrected chi connectivity index (χ0v) is 11.5. The second-order valence-corrected chi connectivity index (χ2v) is 3.81. The quantitative estimate of drug-likeness (QED) is 0.733. The van der Waals surface area contributed by atoms with Gasteiger partial charge in [-0.3, -0.25) is 0 Å². The summed E-state index contributed by atoms with van der Waals surface area (Å²) in [6.45, 7) is 3.67. The lowest BCUT2D eigenvalue weighted by atomic mass is 10.4. The van der Waals surface area contributed by atoms with Crippen LogP contribution in [0.25, 0.3) is 0 Å². The molecule has 0 bridgehead atoms. The molecule has 0 saturated heterocycles. The van der Waals surface area contributed by atoms with E-state index in [2.05, 4.69) is 25.6 Å². The number of nitrogens with zero attached hydrogens (tertiary/aromatic N) is 3. The van der Waals surface area contributed by atoms with Gasteiger partial charge in [0, 0.05) is 27.3 Å². The predicted molar refractivity (Wildman–Crippen MR) is 70.2 cm³/mol. The van der Waals surface area contributed by atoms with Crippen molar-refractivity contribution in [2.45, 2.75) is 13.0 Å². The van der Waals surface area contributed by atoms with Gasteiger partial charge < -0.3 is 20.1 Å². The van der Waals surface area contributed by atoms with Crippen molar-refractivity contribution < 1.29 is 9.47 Å². The van der Waals surface area contributed by atoms with Crippen LogP contribution in [0.3, 0.4) is 0 Å². The Morgan fingerprint density at radius 3 is 2.39 bits per heavy atom. The lowest BCUT2D eigenvalue weighted by Crippen LogP contribution is -2.27. The van der Waals surface area contributed by atoms with Gasteiger partial charge in [0.1, 0.15) is 0 Å². The van der Waals surface area contributed by atoms with E-state index in [1.807, 2.05) is 6.92 Å². The molecule has 1 heterocycles. The molecule has 1 unspecified atom stereocenters. The van der Waals surface area contributed by atoms with Crippen molar-refractivity contribution >= 4 is 23.5 Å². The average Bonchev–Trinajstić information content (AvgIpc) is 2.34. The molecule has 102 valence electrons. The van der Waals surface area contributed by atoms with Crippen LogP contribution >= 0.6 is 11.6 Å². The van der Waals surface area contributed by atoms with Crippen LogP contribution in [-0.4, -0.2) is 55.0 Å². The van der Waals surface area contributed by atoms with Gasteiger partial charge in [-0.15, -0.1) is 0 Å². The van der Waals surface area contributed by atoms with E-state index in [1.54, 1.807) is 14.2 Å². The summed E-state index contributed by atoms with van der Waals surface area (Å²) in [6, 6.07) is 0. The van der Waals surface area contributed by atoms with E-state index in [4.69, 9.17) is 21.1 Å². The van der Waals surface area contributed by atoms with E-state index < -0.39 is 0 Å². The molecule has 1 aromatic rings. The molecule has 7 nitrogen and oxygen atoms in total. The van der Waals surface area contributed by atoms with E-state index in [0.717, 1.165) is 0 Å². The maximum atomic E-state index is 5.80. The fourth-order valence-corrected chi connectivity index (χ4v) is 1.43. The molecule has 1 atom stereocenters. The minimum atomic E-state index is -0.0758. The first-order valence-electron chi connectivity index (χ1n) is 5.60. The van der Waals surface area contributed by atoms with E-state index in [1.165, 1.54) is 0 Å². The van der Waals surface area contributed by atoms with Gasteiger partial charge in [-0.1, -0.05) is 0 Å². The van der Waals surface area contributed by atoms with Crippen molar-refractivity contribution in [3.8, 4) is 0 Å². The first kappa shape index (κ1) is 14.9. The van der Waals surface area contributed by atoms with Gasteiger partial charge in [0.15, 0.2) is 0 Å². The van der Waals surface area contributed by atoms with Gasteiger partial charge in [-0.05, 0) is 18.5 Å². The molecule has 8 heteroatoms. The number of hydrogen-bond acceptors (Lipinski definition) is 7. The largest absolute Gasteiger partial charge is 0.382 e. The molecule has 2 N–H and O–H groups in total. The Labute approximate surface area is 111 Å². The number of methoxy groups -OCH3 is 2. The number of nitrogens with one attached hydrogen (secondary N) is 2. The minimum Gasteiger partial charge on any atom is -0.382 e. The summed E-state index contributed by atoms with van der Waals surface area (Å²) in [5, 5.41) is 6.14. The fraction of sp³-hybridized carbons (Fsp3) is 0.700. The molecule has 0 spiro atoms. The van der Waals surface area contributed by atoms with Crippen LogP contribution in [0.4, 0.5) is 11.9 Å². The molecule has 0 aliphatic rings. The van der Waals surface area contributed by atoms with Gasteiger partial charge >= 0.3 is 0 Å². The zero-order chi connectivity index (χ0) is 13.4. The normalized spacial score (nSPS) is 12.2. The summed E-state index contributed by atoms with van der Waals surface area (Å²) < 4.78 is 10.2. The fourth-order valence-electron chi connectivity index (χ4n) is 1.27. The van der Waals surface area contributed by atoms with E-state index in [9.17, 15) is 0 Å². The Kier molecular flexibility index (Phi) is 6.63. The number of halogens is 1. The van der Waals surface area contributed by atoms with E-state index in [-0.39, 0.29) is 11.4 Å². The summed E-state index contributed by atoms with van der Waals surface area (Å²) in [6.07, 6.45) is -0.0758. The van der Waals surface area contributed by atoms with Crippen molar-refractivity contribution in [3.63, 3.8) is 0 Å². The minimum absolute atomic E-state index is 0.0758. The second-order valence-electron chi connectivity index (χ2n) is 3.48. The smallest absolute Gasteiger partial charge is 0.228 e. The molecule has 0 aromatic carbocycles. The van der Waals surface area contributed by atoms with Crippen LogP contribution in [-0.2, 0) is 9.47 Å². The molecule has 0 radical (unpaired) electrons. The molecule has 0 aliphatic carbocycles. The summed E-state index contributed by atoms with van der Waals surface area (Å²) in [5.41, 5.74) is 0. The van der Waals surface area contributed by atoms with Crippen molar-refractivity contribution in [3.05, 3.63) is 5.28 Å². The summed E-state index contributed by atoms with van der Waals surface area (Å²) in [5.74, 6) is 0.852. The first-order chi connectivity index (χ1) is 8.69. The molecule has 0 amide bonds. The monoisotopic (exact) mass is 275 g/mol. The lowest BCUT2D eigenvalue weighted by Gasteiger charge is -2.15. The Bertz CT molecular complexity index is 366. The highest BCUT2D eigenvalue weighted by Crippen LogP contribution is 2.09. The number of hydrogen-bond donors (Lipinski definition) is 2. The number of ether oxygens (including phenoxy) is 2. The lowest BCUT2D eigenvalue weighted by molar-refractivity contribution is 0.0365. The first-order valence-corrected chi connectivity index (χ1v) is 5.98. The Morgan fingerprint density at radius 2 is 1.83 bits per heavy atom. The Hall–Kier alpha value is -1.18. The molecular weight excluding hydrogens is 258 g/mol. The van der Waals surface area contributed by atoms with Crippen molar-refractivity contribution in [1.29, 1.82) is 0 Å². The molecule has 0 fully saturated rings. The van der Waals surface area contributed by atoms with Gasteiger partial charge in [0.05, 0.1) is 12.7 Å². The van der Waals surface area contributed by atoms with Gasteiger partial charge in [-0.2, -0.15) is 15.0 Å². The van der Waals surface area contributed by atoms with Gasteiger partial charge in [-0.25, -0.2) is 0 Å². The summed E-state index contributed by atoms with van der Waals surface area (Å²) in [4.78, 5) is 12.1. The topological polar surface area (TPSA) is 81.2 Å². The highest BCUT2D eigenvalue weighted by Gasteiger charge is 2.09. The van der Waals surface area contributed by atoms with Crippen LogP contribution < -0.4 is 10.6 Å². The van der Waals surface area contributed by atoms with E-state index >= 15 is 0 Å². The van der Waals surface area contributed by atoms with Crippen molar-refractivity contribution in [2.75, 3.05) is 44.5 Å². The van der Waals surface area contributed by atoms with Crippen LogP contribution in [0.5, 0.6) is 0 Å². The Morgan fingerprint density at radius 1 is 1.17 bits per heavy atom. The van der Waals surface area contributed by atoms with Crippen LogP contribution in [0.1, 0.15) is 6.92 Å². The molecule has 1 rings (SSSR count). The van der Waals surface area contributed by atoms with E-state index in [0.29, 0.717) is 31.6 Å². The number of anilines is 2. The summed E-state index contributed by atoms with van der Waals surface area (Å²) in [7, 11) is 3.24. The molecule has 0 aliphatic heterocycles.